The normalized spacial score (nSPS) is 18.7. The van der Waals surface area contributed by atoms with Gasteiger partial charge in [0.05, 0.1) is 13.2 Å². The summed E-state index contributed by atoms with van der Waals surface area (Å²) in [7, 11) is -0.414. The molecule has 1 unspecified atom stereocenters. The first-order valence-corrected chi connectivity index (χ1v) is 12.0. The average Bonchev–Trinajstić information content (AvgIpc) is 2.80. The predicted octanol–water partition coefficient (Wildman–Crippen LogP) is 4.79. The lowest BCUT2D eigenvalue weighted by molar-refractivity contribution is -0.140. The minimum Gasteiger partial charge on any atom is -0.469 e. The molecule has 1 aliphatic carbocycles. The van der Waals surface area contributed by atoms with Crippen molar-refractivity contribution in [3.63, 3.8) is 0 Å². The first-order valence-electron chi connectivity index (χ1n) is 9.05. The van der Waals surface area contributed by atoms with Gasteiger partial charge >= 0.3 is 5.97 Å². The summed E-state index contributed by atoms with van der Waals surface area (Å²) in [6, 6.07) is 0. The summed E-state index contributed by atoms with van der Waals surface area (Å²) in [5, 5.41) is 0.159. The molecule has 1 atom stereocenters. The Hall–Kier alpha value is -0.943. The number of ether oxygens (including phenoxy) is 1. The fraction of sp³-hybridized carbons (Fsp3) is 0.789. The number of rotatable bonds is 9. The number of allylic oxidation sites excluding steroid dienone is 1. The summed E-state index contributed by atoms with van der Waals surface area (Å²) in [5.41, 5.74) is 0.937. The molecule has 0 amide bonds. The van der Waals surface area contributed by atoms with E-state index in [-0.39, 0.29) is 22.9 Å². The maximum atomic E-state index is 12.2. The van der Waals surface area contributed by atoms with Crippen LogP contribution in [0, 0.1) is 0 Å². The molecule has 0 aromatic heterocycles. The Bertz CT molecular complexity index is 474. The average molecular weight is 355 g/mol. The minimum absolute atomic E-state index is 0.0345. The number of Topliss-reactive ketones (excluding diaryl/α,β-unsaturated/α-hetero) is 1. The third-order valence-electron chi connectivity index (χ3n) is 5.19. The molecular weight excluding hydrogens is 320 g/mol. The summed E-state index contributed by atoms with van der Waals surface area (Å²) < 4.78 is 11.0. The van der Waals surface area contributed by atoms with Crippen molar-refractivity contribution in [1.29, 1.82) is 0 Å². The summed E-state index contributed by atoms with van der Waals surface area (Å²) in [6.07, 6.45) is 7.72. The molecule has 0 saturated heterocycles. The molecule has 0 spiro atoms. The largest absolute Gasteiger partial charge is 0.469 e. The molecule has 0 N–H and O–H groups in total. The molecule has 0 aromatic carbocycles. The van der Waals surface area contributed by atoms with Gasteiger partial charge in [0, 0.05) is 12.8 Å². The number of esters is 1. The second-order valence-corrected chi connectivity index (χ2v) is 13.0. The van der Waals surface area contributed by atoms with E-state index in [1.165, 1.54) is 7.11 Å². The van der Waals surface area contributed by atoms with E-state index < -0.39 is 8.32 Å². The lowest BCUT2D eigenvalue weighted by Gasteiger charge is -2.37. The topological polar surface area (TPSA) is 52.6 Å². The Morgan fingerprint density at radius 2 is 1.83 bits per heavy atom. The van der Waals surface area contributed by atoms with E-state index in [1.807, 2.05) is 0 Å². The van der Waals surface area contributed by atoms with Gasteiger partial charge in [-0.1, -0.05) is 33.6 Å². The SMILES string of the molecule is COC(=O)CCCCCCC1=CC(O[Si](C)(C)C(C)(C)C)CC1=O. The van der Waals surface area contributed by atoms with Crippen LogP contribution >= 0.6 is 0 Å². The molecule has 0 fully saturated rings. The van der Waals surface area contributed by atoms with Gasteiger partial charge in [-0.2, -0.15) is 0 Å². The first-order chi connectivity index (χ1) is 11.1. The number of methoxy groups -OCH3 is 1. The molecular formula is C19H34O4Si. The highest BCUT2D eigenvalue weighted by atomic mass is 28.4. The fourth-order valence-electron chi connectivity index (χ4n) is 2.58. The van der Waals surface area contributed by atoms with Crippen molar-refractivity contribution in [1.82, 2.24) is 0 Å². The van der Waals surface area contributed by atoms with Crippen molar-refractivity contribution in [3.8, 4) is 0 Å². The van der Waals surface area contributed by atoms with E-state index in [2.05, 4.69) is 44.7 Å². The van der Waals surface area contributed by atoms with Crippen LogP contribution in [0.5, 0.6) is 0 Å². The predicted molar refractivity (Wildman–Crippen MR) is 99.5 cm³/mol. The van der Waals surface area contributed by atoms with Crippen LogP contribution < -0.4 is 0 Å². The smallest absolute Gasteiger partial charge is 0.305 e. The molecule has 138 valence electrons. The van der Waals surface area contributed by atoms with Crippen molar-refractivity contribution in [2.75, 3.05) is 7.11 Å². The van der Waals surface area contributed by atoms with E-state index >= 15 is 0 Å². The summed E-state index contributed by atoms with van der Waals surface area (Å²) >= 11 is 0. The van der Waals surface area contributed by atoms with Gasteiger partial charge in [0.2, 0.25) is 0 Å². The van der Waals surface area contributed by atoms with E-state index in [9.17, 15) is 9.59 Å². The van der Waals surface area contributed by atoms with Crippen molar-refractivity contribution in [2.45, 2.75) is 90.0 Å². The third-order valence-corrected chi connectivity index (χ3v) is 9.69. The molecule has 0 heterocycles. The van der Waals surface area contributed by atoms with Crippen LogP contribution in [-0.2, 0) is 18.8 Å². The molecule has 24 heavy (non-hydrogen) atoms. The van der Waals surface area contributed by atoms with Gasteiger partial charge in [-0.25, -0.2) is 0 Å². The first kappa shape index (κ1) is 21.1. The lowest BCUT2D eigenvalue weighted by atomic mass is 10.0. The molecule has 0 aliphatic heterocycles. The maximum Gasteiger partial charge on any atom is 0.305 e. The third kappa shape index (κ3) is 6.52. The summed E-state index contributed by atoms with van der Waals surface area (Å²) in [4.78, 5) is 23.2. The summed E-state index contributed by atoms with van der Waals surface area (Å²) in [5.74, 6) is 0.0996. The van der Waals surface area contributed by atoms with E-state index in [1.54, 1.807) is 0 Å². The van der Waals surface area contributed by atoms with Crippen LogP contribution in [0.15, 0.2) is 11.6 Å². The zero-order valence-electron chi connectivity index (χ0n) is 16.2. The molecule has 0 saturated carbocycles. The van der Waals surface area contributed by atoms with E-state index in [0.29, 0.717) is 12.8 Å². The number of hydrogen-bond acceptors (Lipinski definition) is 4. The highest BCUT2D eigenvalue weighted by Gasteiger charge is 2.40. The number of carbonyl (C=O) groups is 2. The minimum atomic E-state index is -1.83. The standard InChI is InChI=1S/C19H34O4Si/c1-19(2,3)24(5,6)23-16-13-15(17(20)14-16)11-9-7-8-10-12-18(21)22-4/h13,16H,7-12,14H2,1-6H3. The number of hydrogen-bond donors (Lipinski definition) is 0. The quantitative estimate of drug-likeness (QED) is 0.339. The Kier molecular flexibility index (Phi) is 7.87. The maximum absolute atomic E-state index is 12.2. The zero-order chi connectivity index (χ0) is 18.4. The van der Waals surface area contributed by atoms with Gasteiger partial charge < -0.3 is 9.16 Å². The Balaban J connectivity index is 2.36. The van der Waals surface area contributed by atoms with Gasteiger partial charge in [0.25, 0.3) is 0 Å². The number of carbonyl (C=O) groups excluding carboxylic acids is 2. The van der Waals surface area contributed by atoms with Crippen LogP contribution in [0.2, 0.25) is 18.1 Å². The lowest BCUT2D eigenvalue weighted by Crippen LogP contribution is -2.43. The van der Waals surface area contributed by atoms with Crippen molar-refractivity contribution < 1.29 is 18.8 Å². The fourth-order valence-corrected chi connectivity index (χ4v) is 3.85. The second-order valence-electron chi connectivity index (χ2n) is 8.23. The molecule has 0 bridgehead atoms. The van der Waals surface area contributed by atoms with Crippen LogP contribution in [-0.4, -0.2) is 33.3 Å². The molecule has 1 rings (SSSR count). The van der Waals surface area contributed by atoms with Crippen molar-refractivity contribution >= 4 is 20.1 Å². The van der Waals surface area contributed by atoms with E-state index in [0.717, 1.165) is 37.7 Å². The van der Waals surface area contributed by atoms with Gasteiger partial charge in [0.1, 0.15) is 0 Å². The van der Waals surface area contributed by atoms with Crippen LogP contribution in [0.3, 0.4) is 0 Å². The highest BCUT2D eigenvalue weighted by Crippen LogP contribution is 2.39. The molecule has 1 aliphatic rings. The van der Waals surface area contributed by atoms with Gasteiger partial charge in [-0.05, 0) is 49.0 Å². The molecule has 0 aromatic rings. The van der Waals surface area contributed by atoms with Crippen LogP contribution in [0.25, 0.3) is 0 Å². The molecule has 4 nitrogen and oxygen atoms in total. The summed E-state index contributed by atoms with van der Waals surface area (Å²) in [6.45, 7) is 11.1. The zero-order valence-corrected chi connectivity index (χ0v) is 17.2. The van der Waals surface area contributed by atoms with Crippen molar-refractivity contribution in [3.05, 3.63) is 11.6 Å². The van der Waals surface area contributed by atoms with Gasteiger partial charge in [-0.15, -0.1) is 0 Å². The molecule has 0 radical (unpaired) electrons. The Morgan fingerprint density at radius 3 is 2.42 bits per heavy atom. The van der Waals surface area contributed by atoms with Crippen molar-refractivity contribution in [2.24, 2.45) is 0 Å². The Labute approximate surface area is 148 Å². The van der Waals surface area contributed by atoms with Crippen LogP contribution in [0.1, 0.15) is 65.7 Å². The Morgan fingerprint density at radius 1 is 1.21 bits per heavy atom. The second kappa shape index (κ2) is 8.95. The van der Waals surface area contributed by atoms with Gasteiger partial charge in [-0.3, -0.25) is 9.59 Å². The highest BCUT2D eigenvalue weighted by molar-refractivity contribution is 6.74. The molecule has 5 heteroatoms. The number of unbranched alkanes of at least 4 members (excludes halogenated alkanes) is 3. The van der Waals surface area contributed by atoms with Gasteiger partial charge in [0.15, 0.2) is 14.1 Å². The van der Waals surface area contributed by atoms with E-state index in [4.69, 9.17) is 4.43 Å². The monoisotopic (exact) mass is 354 g/mol. The number of ketones is 1. The van der Waals surface area contributed by atoms with Crippen LogP contribution in [0.4, 0.5) is 0 Å².